The van der Waals surface area contributed by atoms with Crippen LogP contribution < -0.4 is 10.2 Å². The van der Waals surface area contributed by atoms with Gasteiger partial charge in [0.1, 0.15) is 0 Å². The number of para-hydroxylation sites is 1. The van der Waals surface area contributed by atoms with Crippen molar-refractivity contribution in [3.8, 4) is 0 Å². The Kier molecular flexibility index (Phi) is 6.13. The van der Waals surface area contributed by atoms with Crippen LogP contribution in [0.15, 0.2) is 58.9 Å². The van der Waals surface area contributed by atoms with E-state index < -0.39 is 0 Å². The van der Waals surface area contributed by atoms with Crippen molar-refractivity contribution in [2.75, 3.05) is 17.3 Å². The van der Waals surface area contributed by atoms with Crippen LogP contribution in [0.3, 0.4) is 0 Å². The minimum atomic E-state index is -0.271. The zero-order valence-corrected chi connectivity index (χ0v) is 16.6. The maximum Gasteiger partial charge on any atom is 0.240 e. The highest BCUT2D eigenvalue weighted by Crippen LogP contribution is 2.31. The molecule has 2 aromatic carbocycles. The Labute approximate surface area is 165 Å². The lowest BCUT2D eigenvalue weighted by molar-refractivity contribution is -0.117. The second-order valence-corrected chi connectivity index (χ2v) is 8.50. The summed E-state index contributed by atoms with van der Waals surface area (Å²) in [6, 6.07) is 17.0. The van der Waals surface area contributed by atoms with E-state index in [0.29, 0.717) is 10.2 Å². The zero-order chi connectivity index (χ0) is 18.5. The van der Waals surface area contributed by atoms with Gasteiger partial charge in [0.2, 0.25) is 11.0 Å². The maximum atomic E-state index is 12.6. The monoisotopic (exact) mass is 404 g/mol. The molecule has 134 valence electrons. The summed E-state index contributed by atoms with van der Waals surface area (Å²) in [5.41, 5.74) is 1.71. The summed E-state index contributed by atoms with van der Waals surface area (Å²) in [4.78, 5) is 14.3. The molecular weight excluding hydrogens is 388 g/mol. The van der Waals surface area contributed by atoms with Crippen LogP contribution in [0.2, 0.25) is 5.02 Å². The first-order chi connectivity index (χ1) is 12.5. The number of halogens is 1. The van der Waals surface area contributed by atoms with Crippen LogP contribution in [-0.2, 0) is 4.79 Å². The highest BCUT2D eigenvalue weighted by Gasteiger charge is 2.21. The number of benzene rings is 2. The highest BCUT2D eigenvalue weighted by atomic mass is 35.5. The number of carbonyl (C=O) groups excluding carboxylic acids is 1. The van der Waals surface area contributed by atoms with Gasteiger partial charge >= 0.3 is 0 Å². The van der Waals surface area contributed by atoms with Crippen molar-refractivity contribution in [2.24, 2.45) is 0 Å². The van der Waals surface area contributed by atoms with Gasteiger partial charge in [-0.25, -0.2) is 0 Å². The summed E-state index contributed by atoms with van der Waals surface area (Å²) in [5, 5.41) is 12.5. The van der Waals surface area contributed by atoms with E-state index in [4.69, 9.17) is 11.6 Å². The minimum absolute atomic E-state index is 0.0146. The smallest absolute Gasteiger partial charge is 0.240 e. The molecular formula is C18H17ClN4OS2. The number of hydrogen-bond donors (Lipinski definition) is 1. The summed E-state index contributed by atoms with van der Waals surface area (Å²) in [7, 11) is 1.78. The Morgan fingerprint density at radius 1 is 1.19 bits per heavy atom. The predicted molar refractivity (Wildman–Crippen MR) is 110 cm³/mol. The Balaban J connectivity index is 1.62. The lowest BCUT2D eigenvalue weighted by Gasteiger charge is -2.20. The number of hydrogen-bond acceptors (Lipinski definition) is 6. The number of nitrogens with one attached hydrogen (secondary N) is 1. The maximum absolute atomic E-state index is 12.6. The number of thioether (sulfide) groups is 1. The standard InChI is InChI=1S/C18H17ClN4OS2/c1-12(16(24)23(2)15-9-4-3-5-10-15)25-18-22-21-17(26-18)20-14-8-6-7-13(19)11-14/h3-12H,1-2H3,(H,20,21)/t12-/m0/s1. The van der Waals surface area contributed by atoms with Gasteiger partial charge in [-0.2, -0.15) is 0 Å². The van der Waals surface area contributed by atoms with Gasteiger partial charge in [0.15, 0.2) is 4.34 Å². The quantitative estimate of drug-likeness (QED) is 0.580. The fraction of sp³-hybridized carbons (Fsp3) is 0.167. The third-order valence-corrected chi connectivity index (χ3v) is 5.83. The molecule has 0 spiro atoms. The Morgan fingerprint density at radius 3 is 2.69 bits per heavy atom. The summed E-state index contributed by atoms with van der Waals surface area (Å²) in [6.45, 7) is 1.87. The summed E-state index contributed by atoms with van der Waals surface area (Å²) < 4.78 is 0.733. The fourth-order valence-electron chi connectivity index (χ4n) is 2.25. The van der Waals surface area contributed by atoms with Crippen LogP contribution >= 0.6 is 34.7 Å². The Morgan fingerprint density at radius 2 is 1.96 bits per heavy atom. The van der Waals surface area contributed by atoms with Crippen LogP contribution in [0, 0.1) is 0 Å². The number of amides is 1. The SMILES string of the molecule is C[C@H](Sc1nnc(Nc2cccc(Cl)c2)s1)C(=O)N(C)c1ccccc1. The molecule has 1 aromatic heterocycles. The Hall–Kier alpha value is -2.09. The second-order valence-electron chi connectivity index (χ2n) is 5.50. The van der Waals surface area contributed by atoms with Crippen LogP contribution in [0.25, 0.3) is 0 Å². The van der Waals surface area contributed by atoms with E-state index in [1.54, 1.807) is 11.9 Å². The topological polar surface area (TPSA) is 58.1 Å². The zero-order valence-electron chi connectivity index (χ0n) is 14.2. The van der Waals surface area contributed by atoms with Gasteiger partial charge in [0.05, 0.1) is 5.25 Å². The molecule has 0 aliphatic heterocycles. The van der Waals surface area contributed by atoms with E-state index >= 15 is 0 Å². The number of nitrogens with zero attached hydrogens (tertiary/aromatic N) is 3. The lowest BCUT2D eigenvalue weighted by atomic mass is 10.3. The first kappa shape index (κ1) is 18.7. The number of rotatable bonds is 6. The summed E-state index contributed by atoms with van der Waals surface area (Å²) in [5.74, 6) is 0.0146. The van der Waals surface area contributed by atoms with Gasteiger partial charge in [-0.15, -0.1) is 10.2 Å². The second kappa shape index (κ2) is 8.53. The molecule has 0 saturated heterocycles. The van der Waals surface area contributed by atoms with Crippen LogP contribution in [0.4, 0.5) is 16.5 Å². The molecule has 0 aliphatic carbocycles. The minimum Gasteiger partial charge on any atom is -0.330 e. The summed E-state index contributed by atoms with van der Waals surface area (Å²) in [6.07, 6.45) is 0. The largest absolute Gasteiger partial charge is 0.330 e. The number of anilines is 3. The first-order valence-electron chi connectivity index (χ1n) is 7.88. The van der Waals surface area contributed by atoms with Crippen LogP contribution in [0.1, 0.15) is 6.92 Å². The van der Waals surface area contributed by atoms with Gasteiger partial charge in [-0.05, 0) is 37.3 Å². The van der Waals surface area contributed by atoms with Crippen LogP contribution in [0.5, 0.6) is 0 Å². The molecule has 0 bridgehead atoms. The normalized spacial score (nSPS) is 11.8. The molecule has 0 fully saturated rings. The van der Waals surface area contributed by atoms with Gasteiger partial charge in [0.25, 0.3) is 0 Å². The molecule has 1 atom stereocenters. The average molecular weight is 405 g/mol. The van der Waals surface area contributed by atoms with E-state index in [1.807, 2.05) is 61.5 Å². The molecule has 26 heavy (non-hydrogen) atoms. The van der Waals surface area contributed by atoms with Crippen molar-refractivity contribution in [1.82, 2.24) is 10.2 Å². The molecule has 8 heteroatoms. The molecule has 0 aliphatic rings. The number of carbonyl (C=O) groups is 1. The van der Waals surface area contributed by atoms with E-state index in [2.05, 4.69) is 15.5 Å². The van der Waals surface area contributed by atoms with Gasteiger partial charge in [-0.3, -0.25) is 4.79 Å². The molecule has 0 saturated carbocycles. The van der Waals surface area contributed by atoms with Gasteiger partial charge in [-0.1, -0.05) is 59.0 Å². The van der Waals surface area contributed by atoms with Crippen molar-refractivity contribution in [2.45, 2.75) is 16.5 Å². The van der Waals surface area contributed by atoms with E-state index in [9.17, 15) is 4.79 Å². The lowest BCUT2D eigenvalue weighted by Crippen LogP contribution is -2.33. The van der Waals surface area contributed by atoms with Crippen molar-refractivity contribution in [3.05, 3.63) is 59.6 Å². The van der Waals surface area contributed by atoms with E-state index in [0.717, 1.165) is 15.7 Å². The van der Waals surface area contributed by atoms with E-state index in [-0.39, 0.29) is 11.2 Å². The average Bonchev–Trinajstić information content (AvgIpc) is 3.08. The molecule has 1 heterocycles. The molecule has 0 unspecified atom stereocenters. The van der Waals surface area contributed by atoms with Gasteiger partial charge < -0.3 is 10.2 Å². The molecule has 5 nitrogen and oxygen atoms in total. The van der Waals surface area contributed by atoms with Crippen LogP contribution in [-0.4, -0.2) is 28.4 Å². The molecule has 3 aromatic rings. The third-order valence-electron chi connectivity index (χ3n) is 3.58. The van der Waals surface area contributed by atoms with Gasteiger partial charge in [0, 0.05) is 23.4 Å². The Bertz CT molecular complexity index is 888. The first-order valence-corrected chi connectivity index (χ1v) is 9.96. The van der Waals surface area contributed by atoms with Crippen molar-refractivity contribution >= 4 is 57.1 Å². The fourth-order valence-corrected chi connectivity index (χ4v) is 4.45. The van der Waals surface area contributed by atoms with Crippen molar-refractivity contribution in [1.29, 1.82) is 0 Å². The number of aromatic nitrogens is 2. The third kappa shape index (κ3) is 4.75. The molecule has 1 amide bonds. The predicted octanol–water partition coefficient (Wildman–Crippen LogP) is 5.08. The van der Waals surface area contributed by atoms with Crippen molar-refractivity contribution in [3.63, 3.8) is 0 Å². The van der Waals surface area contributed by atoms with Crippen molar-refractivity contribution < 1.29 is 4.79 Å². The molecule has 3 rings (SSSR count). The molecule has 0 radical (unpaired) electrons. The molecule has 1 N–H and O–H groups in total. The summed E-state index contributed by atoms with van der Waals surface area (Å²) >= 11 is 8.78. The highest BCUT2D eigenvalue weighted by molar-refractivity contribution is 8.02. The van der Waals surface area contributed by atoms with E-state index in [1.165, 1.54) is 23.1 Å².